The standard InChI is InChI=1S/C17H25N5O2S/c1-10-12(3)25-17-14(10)15(18)19-16(20-17)11(2)21-5-7-22(8-6-21)13(23)9-24-4/h11H,5-9H2,1-4H3,(H2,18,19,20)/t11-/m1/s1. The van der Waals surface area contributed by atoms with Crippen molar-refractivity contribution in [1.82, 2.24) is 19.8 Å². The van der Waals surface area contributed by atoms with Crippen LogP contribution in [0.25, 0.3) is 10.2 Å². The van der Waals surface area contributed by atoms with E-state index in [0.29, 0.717) is 18.9 Å². The monoisotopic (exact) mass is 363 g/mol. The van der Waals surface area contributed by atoms with Gasteiger partial charge in [0.2, 0.25) is 5.91 Å². The van der Waals surface area contributed by atoms with Crippen LogP contribution in [-0.4, -0.2) is 65.6 Å². The van der Waals surface area contributed by atoms with Crippen LogP contribution >= 0.6 is 11.3 Å². The van der Waals surface area contributed by atoms with Crippen molar-refractivity contribution in [2.24, 2.45) is 0 Å². The average Bonchev–Trinajstić information content (AvgIpc) is 2.89. The van der Waals surface area contributed by atoms with E-state index in [4.69, 9.17) is 15.5 Å². The number of carbonyl (C=O) groups excluding carboxylic acids is 1. The first-order valence-electron chi connectivity index (χ1n) is 8.46. The third-order valence-corrected chi connectivity index (χ3v) is 6.03. The number of thiophene rings is 1. The number of aromatic nitrogens is 2. The molecule has 1 aliphatic rings. The number of amides is 1. The van der Waals surface area contributed by atoms with Crippen LogP contribution in [0.4, 0.5) is 5.82 Å². The number of aryl methyl sites for hydroxylation is 2. The first-order chi connectivity index (χ1) is 11.9. The van der Waals surface area contributed by atoms with Crippen LogP contribution in [0.2, 0.25) is 0 Å². The molecule has 1 amide bonds. The third-order valence-electron chi connectivity index (χ3n) is 4.93. The number of nitrogens with two attached hydrogens (primary N) is 1. The molecule has 8 heteroatoms. The predicted molar refractivity (Wildman–Crippen MR) is 99.7 cm³/mol. The molecule has 2 aromatic heterocycles. The summed E-state index contributed by atoms with van der Waals surface area (Å²) in [5.74, 6) is 1.35. The van der Waals surface area contributed by atoms with Gasteiger partial charge in [-0.15, -0.1) is 11.3 Å². The van der Waals surface area contributed by atoms with Gasteiger partial charge in [-0.3, -0.25) is 9.69 Å². The van der Waals surface area contributed by atoms with Gasteiger partial charge in [-0.05, 0) is 26.3 Å². The zero-order valence-corrected chi connectivity index (χ0v) is 16.0. The van der Waals surface area contributed by atoms with Crippen LogP contribution in [0.15, 0.2) is 0 Å². The van der Waals surface area contributed by atoms with Gasteiger partial charge < -0.3 is 15.4 Å². The molecule has 0 aromatic carbocycles. The fraction of sp³-hybridized carbons (Fsp3) is 0.588. The number of ether oxygens (including phenoxy) is 1. The van der Waals surface area contributed by atoms with E-state index in [1.54, 1.807) is 18.4 Å². The number of piperazine rings is 1. The van der Waals surface area contributed by atoms with Gasteiger partial charge in [-0.2, -0.15) is 0 Å². The van der Waals surface area contributed by atoms with Crippen LogP contribution in [0.1, 0.15) is 29.2 Å². The second-order valence-electron chi connectivity index (χ2n) is 6.46. The van der Waals surface area contributed by atoms with Crippen molar-refractivity contribution in [3.05, 3.63) is 16.3 Å². The molecule has 0 aliphatic carbocycles. The molecule has 25 heavy (non-hydrogen) atoms. The maximum atomic E-state index is 11.9. The predicted octanol–water partition coefficient (Wildman–Crippen LogP) is 1.74. The Balaban J connectivity index is 1.75. The van der Waals surface area contributed by atoms with Gasteiger partial charge in [-0.1, -0.05) is 0 Å². The van der Waals surface area contributed by atoms with Crippen LogP contribution < -0.4 is 5.73 Å². The summed E-state index contributed by atoms with van der Waals surface area (Å²) in [6.07, 6.45) is 0. The van der Waals surface area contributed by atoms with Crippen LogP contribution in [-0.2, 0) is 9.53 Å². The van der Waals surface area contributed by atoms with Gasteiger partial charge in [0, 0.05) is 38.2 Å². The molecule has 0 saturated carbocycles. The fourth-order valence-corrected chi connectivity index (χ4v) is 4.27. The molecule has 3 heterocycles. The number of methoxy groups -OCH3 is 1. The molecule has 2 N–H and O–H groups in total. The number of anilines is 1. The SMILES string of the molecule is COCC(=O)N1CCN([C@H](C)c2nc(N)c3c(C)c(C)sc3n2)CC1. The van der Waals surface area contributed by atoms with Crippen molar-refractivity contribution >= 4 is 33.3 Å². The molecule has 0 unspecified atom stereocenters. The zero-order valence-electron chi connectivity index (χ0n) is 15.2. The third kappa shape index (κ3) is 3.47. The minimum absolute atomic E-state index is 0.0428. The summed E-state index contributed by atoms with van der Waals surface area (Å²) in [6, 6.07) is 0.0640. The average molecular weight is 363 g/mol. The highest BCUT2D eigenvalue weighted by Gasteiger charge is 2.26. The number of carbonyl (C=O) groups is 1. The quantitative estimate of drug-likeness (QED) is 0.891. The molecule has 3 rings (SSSR count). The topological polar surface area (TPSA) is 84.6 Å². The number of nitrogens with zero attached hydrogens (tertiary/aromatic N) is 4. The van der Waals surface area contributed by atoms with Crippen molar-refractivity contribution in [1.29, 1.82) is 0 Å². The summed E-state index contributed by atoms with van der Waals surface area (Å²) < 4.78 is 4.93. The summed E-state index contributed by atoms with van der Waals surface area (Å²) in [6.45, 7) is 9.36. The molecule has 1 atom stereocenters. The second-order valence-corrected chi connectivity index (χ2v) is 7.66. The number of nitrogen functional groups attached to an aromatic ring is 1. The van der Waals surface area contributed by atoms with E-state index in [9.17, 15) is 4.79 Å². The molecule has 0 bridgehead atoms. The number of fused-ring (bicyclic) bond motifs is 1. The Morgan fingerprint density at radius 3 is 2.60 bits per heavy atom. The van der Waals surface area contributed by atoms with Gasteiger partial charge in [0.05, 0.1) is 11.4 Å². The number of hydrogen-bond donors (Lipinski definition) is 1. The molecule has 1 fully saturated rings. The van der Waals surface area contributed by atoms with Crippen LogP contribution in [0.5, 0.6) is 0 Å². The maximum Gasteiger partial charge on any atom is 0.248 e. The van der Waals surface area contributed by atoms with E-state index in [1.165, 1.54) is 10.4 Å². The van der Waals surface area contributed by atoms with E-state index < -0.39 is 0 Å². The van der Waals surface area contributed by atoms with E-state index in [0.717, 1.165) is 29.1 Å². The van der Waals surface area contributed by atoms with E-state index in [1.807, 2.05) is 4.90 Å². The Hall–Kier alpha value is -1.77. The smallest absolute Gasteiger partial charge is 0.248 e. The molecule has 136 valence electrons. The lowest BCUT2D eigenvalue weighted by Crippen LogP contribution is -2.50. The van der Waals surface area contributed by atoms with Crippen molar-refractivity contribution in [3.8, 4) is 0 Å². The Bertz CT molecular complexity index is 783. The largest absolute Gasteiger partial charge is 0.383 e. The van der Waals surface area contributed by atoms with Crippen molar-refractivity contribution in [2.45, 2.75) is 26.8 Å². The normalized spacial score (nSPS) is 17.2. The fourth-order valence-electron chi connectivity index (χ4n) is 3.22. The Kier molecular flexibility index (Phi) is 5.21. The lowest BCUT2D eigenvalue weighted by atomic mass is 10.2. The number of hydrogen-bond acceptors (Lipinski definition) is 7. The highest BCUT2D eigenvalue weighted by Crippen LogP contribution is 2.33. The summed E-state index contributed by atoms with van der Waals surface area (Å²) in [5, 5.41) is 0.980. The Morgan fingerprint density at radius 2 is 1.96 bits per heavy atom. The van der Waals surface area contributed by atoms with E-state index >= 15 is 0 Å². The van der Waals surface area contributed by atoms with Crippen LogP contribution in [0.3, 0.4) is 0 Å². The molecule has 7 nitrogen and oxygen atoms in total. The maximum absolute atomic E-state index is 11.9. The van der Waals surface area contributed by atoms with Crippen molar-refractivity contribution < 1.29 is 9.53 Å². The highest BCUT2D eigenvalue weighted by atomic mass is 32.1. The minimum Gasteiger partial charge on any atom is -0.383 e. The highest BCUT2D eigenvalue weighted by molar-refractivity contribution is 7.18. The van der Waals surface area contributed by atoms with Crippen LogP contribution in [0, 0.1) is 13.8 Å². The molecule has 2 aromatic rings. The lowest BCUT2D eigenvalue weighted by molar-refractivity contribution is -0.137. The first kappa shape index (κ1) is 18.0. The van der Waals surface area contributed by atoms with E-state index in [-0.39, 0.29) is 18.6 Å². The molecule has 1 saturated heterocycles. The summed E-state index contributed by atoms with van der Waals surface area (Å²) in [5.41, 5.74) is 7.37. The van der Waals surface area contributed by atoms with Gasteiger partial charge >= 0.3 is 0 Å². The van der Waals surface area contributed by atoms with Crippen molar-refractivity contribution in [3.63, 3.8) is 0 Å². The second kappa shape index (κ2) is 7.23. The lowest BCUT2D eigenvalue weighted by Gasteiger charge is -2.37. The molecular formula is C17H25N5O2S. The van der Waals surface area contributed by atoms with E-state index in [2.05, 4.69) is 30.7 Å². The molecule has 0 spiro atoms. The molecular weight excluding hydrogens is 338 g/mol. The van der Waals surface area contributed by atoms with Crippen molar-refractivity contribution in [2.75, 3.05) is 45.6 Å². The molecule has 1 aliphatic heterocycles. The zero-order chi connectivity index (χ0) is 18.1. The number of rotatable bonds is 4. The van der Waals surface area contributed by atoms with Gasteiger partial charge in [-0.25, -0.2) is 9.97 Å². The Morgan fingerprint density at radius 1 is 1.28 bits per heavy atom. The summed E-state index contributed by atoms with van der Waals surface area (Å²) >= 11 is 1.66. The minimum atomic E-state index is 0.0428. The Labute approximate surface area is 151 Å². The van der Waals surface area contributed by atoms with Gasteiger partial charge in [0.15, 0.2) is 0 Å². The van der Waals surface area contributed by atoms with Gasteiger partial charge in [0.25, 0.3) is 0 Å². The first-order valence-corrected chi connectivity index (χ1v) is 9.28. The summed E-state index contributed by atoms with van der Waals surface area (Å²) in [4.78, 5) is 27.6. The summed E-state index contributed by atoms with van der Waals surface area (Å²) in [7, 11) is 1.54. The molecule has 0 radical (unpaired) electrons. The van der Waals surface area contributed by atoms with Gasteiger partial charge in [0.1, 0.15) is 23.1 Å².